The van der Waals surface area contributed by atoms with Crippen molar-refractivity contribution in [2.24, 2.45) is 0 Å². The van der Waals surface area contributed by atoms with E-state index in [9.17, 15) is 8.42 Å². The third-order valence-electron chi connectivity index (χ3n) is 2.71. The molecule has 0 unspecified atom stereocenters. The van der Waals surface area contributed by atoms with E-state index in [-0.39, 0.29) is 22.2 Å². The van der Waals surface area contributed by atoms with Gasteiger partial charge in [-0.05, 0) is 34.1 Å². The van der Waals surface area contributed by atoms with E-state index >= 15 is 0 Å². The van der Waals surface area contributed by atoms with Gasteiger partial charge in [0.15, 0.2) is 0 Å². The third-order valence-corrected chi connectivity index (χ3v) is 6.94. The lowest BCUT2D eigenvalue weighted by Gasteiger charge is -2.18. The summed E-state index contributed by atoms with van der Waals surface area (Å²) in [6.07, 6.45) is 0. The first-order chi connectivity index (χ1) is 9.71. The maximum atomic E-state index is 12.6. The summed E-state index contributed by atoms with van der Waals surface area (Å²) in [5, 5.41) is 2.19. The van der Waals surface area contributed by atoms with Crippen LogP contribution in [0.25, 0.3) is 0 Å². The van der Waals surface area contributed by atoms with Crippen LogP contribution in [0.15, 0.2) is 32.9 Å². The lowest BCUT2D eigenvalue weighted by atomic mass is 10.3. The van der Waals surface area contributed by atoms with Gasteiger partial charge in [0, 0.05) is 33.3 Å². The van der Waals surface area contributed by atoms with Gasteiger partial charge in [0.2, 0.25) is 10.0 Å². The normalized spacial score (nSPS) is 12.0. The fraction of sp³-hybridized carbons (Fsp3) is 0.167. The minimum absolute atomic E-state index is 0.0132. The number of nitrogens with two attached hydrogens (primary N) is 1. The standard InChI is InChI=1S/C12H11BrCl2N2O2S2/c1-17(5-9-2-7(13)6-20-9)21(18,19)12-10(15)3-8(14)4-11(12)16/h2-4,6H,5,16H2,1H3. The van der Waals surface area contributed by atoms with Crippen molar-refractivity contribution in [2.75, 3.05) is 12.8 Å². The van der Waals surface area contributed by atoms with Crippen LogP contribution in [0.2, 0.25) is 10.0 Å². The van der Waals surface area contributed by atoms with Crippen LogP contribution in [0.3, 0.4) is 0 Å². The van der Waals surface area contributed by atoms with Crippen LogP contribution in [0, 0.1) is 0 Å². The van der Waals surface area contributed by atoms with Crippen molar-refractivity contribution in [2.45, 2.75) is 11.4 Å². The van der Waals surface area contributed by atoms with Gasteiger partial charge >= 0.3 is 0 Å². The molecule has 114 valence electrons. The molecule has 21 heavy (non-hydrogen) atoms. The summed E-state index contributed by atoms with van der Waals surface area (Å²) in [6, 6.07) is 4.60. The molecular weight excluding hydrogens is 419 g/mol. The second-order valence-corrected chi connectivity index (χ2v) is 9.04. The van der Waals surface area contributed by atoms with Gasteiger partial charge in [0.1, 0.15) is 4.90 Å². The molecule has 0 aliphatic rings. The van der Waals surface area contributed by atoms with Gasteiger partial charge in [-0.3, -0.25) is 0 Å². The Balaban J connectivity index is 2.38. The summed E-state index contributed by atoms with van der Waals surface area (Å²) in [5.41, 5.74) is 5.80. The van der Waals surface area contributed by atoms with Crippen molar-refractivity contribution in [1.29, 1.82) is 0 Å². The van der Waals surface area contributed by atoms with Crippen LogP contribution in [0.4, 0.5) is 5.69 Å². The Morgan fingerprint density at radius 1 is 1.33 bits per heavy atom. The van der Waals surface area contributed by atoms with Crippen LogP contribution >= 0.6 is 50.5 Å². The highest BCUT2D eigenvalue weighted by Gasteiger charge is 2.27. The lowest BCUT2D eigenvalue weighted by molar-refractivity contribution is 0.470. The van der Waals surface area contributed by atoms with E-state index in [1.807, 2.05) is 11.4 Å². The predicted molar refractivity (Wildman–Crippen MR) is 91.5 cm³/mol. The molecular formula is C12H11BrCl2N2O2S2. The first-order valence-electron chi connectivity index (χ1n) is 5.65. The van der Waals surface area contributed by atoms with E-state index in [2.05, 4.69) is 15.9 Å². The zero-order valence-corrected chi connectivity index (χ0v) is 15.5. The summed E-state index contributed by atoms with van der Waals surface area (Å²) in [5.74, 6) is 0. The fourth-order valence-electron chi connectivity index (χ4n) is 1.75. The molecule has 1 aromatic heterocycles. The molecule has 1 aromatic carbocycles. The summed E-state index contributed by atoms with van der Waals surface area (Å²) in [6.45, 7) is 0.233. The van der Waals surface area contributed by atoms with E-state index in [4.69, 9.17) is 28.9 Å². The average molecular weight is 430 g/mol. The second kappa shape index (κ2) is 6.44. The van der Waals surface area contributed by atoms with Crippen molar-refractivity contribution in [3.63, 3.8) is 0 Å². The Hall–Kier alpha value is -0.310. The van der Waals surface area contributed by atoms with E-state index in [0.717, 1.165) is 9.35 Å². The second-order valence-electron chi connectivity index (χ2n) is 4.30. The number of hydrogen-bond donors (Lipinski definition) is 1. The van der Waals surface area contributed by atoms with Crippen molar-refractivity contribution in [3.05, 3.63) is 43.0 Å². The number of halogens is 3. The SMILES string of the molecule is CN(Cc1cc(Br)cs1)S(=O)(=O)c1c(N)cc(Cl)cc1Cl. The predicted octanol–water partition coefficient (Wildman–Crippen LogP) is 4.22. The van der Waals surface area contributed by atoms with Gasteiger partial charge in [-0.15, -0.1) is 11.3 Å². The Bertz CT molecular complexity index is 754. The van der Waals surface area contributed by atoms with Crippen LogP contribution in [0.5, 0.6) is 0 Å². The summed E-state index contributed by atoms with van der Waals surface area (Å²) in [7, 11) is -2.32. The molecule has 1 heterocycles. The molecule has 0 atom stereocenters. The Morgan fingerprint density at radius 3 is 2.52 bits per heavy atom. The average Bonchev–Trinajstić information content (AvgIpc) is 2.72. The number of thiophene rings is 1. The van der Waals surface area contributed by atoms with E-state index < -0.39 is 10.0 Å². The number of anilines is 1. The Labute approximate surface area is 145 Å². The van der Waals surface area contributed by atoms with Gasteiger partial charge in [0.25, 0.3) is 0 Å². The monoisotopic (exact) mass is 428 g/mol. The van der Waals surface area contributed by atoms with Crippen molar-refractivity contribution in [3.8, 4) is 0 Å². The van der Waals surface area contributed by atoms with Crippen LogP contribution in [-0.2, 0) is 16.6 Å². The van der Waals surface area contributed by atoms with Gasteiger partial charge in [-0.25, -0.2) is 8.42 Å². The van der Waals surface area contributed by atoms with Crippen molar-refractivity contribution < 1.29 is 8.42 Å². The maximum Gasteiger partial charge on any atom is 0.246 e. The number of nitrogens with zero attached hydrogens (tertiary/aromatic N) is 1. The molecule has 0 aliphatic heterocycles. The molecule has 0 bridgehead atoms. The highest BCUT2D eigenvalue weighted by atomic mass is 79.9. The Morgan fingerprint density at radius 2 is 2.00 bits per heavy atom. The molecule has 0 fully saturated rings. The highest BCUT2D eigenvalue weighted by molar-refractivity contribution is 9.10. The first kappa shape index (κ1) is 17.1. The first-order valence-corrected chi connectivity index (χ1v) is 9.52. The maximum absolute atomic E-state index is 12.6. The molecule has 0 aliphatic carbocycles. The van der Waals surface area contributed by atoms with Crippen LogP contribution < -0.4 is 5.73 Å². The zero-order valence-electron chi connectivity index (χ0n) is 10.8. The minimum Gasteiger partial charge on any atom is -0.398 e. The van der Waals surface area contributed by atoms with E-state index in [1.165, 1.54) is 34.8 Å². The topological polar surface area (TPSA) is 63.4 Å². The van der Waals surface area contributed by atoms with Gasteiger partial charge < -0.3 is 5.73 Å². The summed E-state index contributed by atoms with van der Waals surface area (Å²) >= 11 is 16.6. The van der Waals surface area contributed by atoms with Gasteiger partial charge in [-0.1, -0.05) is 23.2 Å². The summed E-state index contributed by atoms with van der Waals surface area (Å²) < 4.78 is 27.3. The molecule has 0 radical (unpaired) electrons. The highest BCUT2D eigenvalue weighted by Crippen LogP contribution is 2.33. The van der Waals surface area contributed by atoms with E-state index in [1.54, 1.807) is 0 Å². The fourth-order valence-corrected chi connectivity index (χ4v) is 5.42. The molecule has 0 amide bonds. The van der Waals surface area contributed by atoms with Gasteiger partial charge in [-0.2, -0.15) is 4.31 Å². The number of rotatable bonds is 4. The van der Waals surface area contributed by atoms with Crippen LogP contribution in [-0.4, -0.2) is 19.8 Å². The lowest BCUT2D eigenvalue weighted by Crippen LogP contribution is -2.27. The van der Waals surface area contributed by atoms with Crippen molar-refractivity contribution in [1.82, 2.24) is 4.31 Å². The summed E-state index contributed by atoms with van der Waals surface area (Å²) in [4.78, 5) is 0.781. The Kier molecular flexibility index (Phi) is 5.23. The molecule has 0 saturated carbocycles. The number of sulfonamides is 1. The molecule has 0 spiro atoms. The molecule has 9 heteroatoms. The number of nitrogen functional groups attached to an aromatic ring is 1. The molecule has 2 aromatic rings. The van der Waals surface area contributed by atoms with Gasteiger partial charge in [0.05, 0.1) is 10.7 Å². The minimum atomic E-state index is -3.80. The van der Waals surface area contributed by atoms with Crippen LogP contribution in [0.1, 0.15) is 4.88 Å². The molecule has 2 N–H and O–H groups in total. The van der Waals surface area contributed by atoms with E-state index in [0.29, 0.717) is 5.02 Å². The quantitative estimate of drug-likeness (QED) is 0.740. The molecule has 4 nitrogen and oxygen atoms in total. The molecule has 2 rings (SSSR count). The third kappa shape index (κ3) is 3.72. The molecule has 0 saturated heterocycles. The van der Waals surface area contributed by atoms with Crippen molar-refractivity contribution >= 4 is 66.2 Å². The smallest absolute Gasteiger partial charge is 0.246 e. The number of hydrogen-bond acceptors (Lipinski definition) is 4. The largest absolute Gasteiger partial charge is 0.398 e. The number of benzene rings is 1. The zero-order chi connectivity index (χ0) is 15.8.